The number of aryl methyl sites for hydroxylation is 1. The Hall–Kier alpha value is -2.69. The van der Waals surface area contributed by atoms with E-state index in [1.807, 2.05) is 0 Å². The number of carbonyl (C=O) groups excluding carboxylic acids is 1. The average molecular weight is 300 g/mol. The van der Waals surface area contributed by atoms with Gasteiger partial charge in [-0.3, -0.25) is 4.89 Å². The predicted octanol–water partition coefficient (Wildman–Crippen LogP) is 3.17. The largest absolute Gasteiger partial charge is 0.493 e. The van der Waals surface area contributed by atoms with Gasteiger partial charge in [0.25, 0.3) is 0 Å². The zero-order chi connectivity index (χ0) is 15.4. The monoisotopic (exact) mass is 300 g/mol. The van der Waals surface area contributed by atoms with Crippen LogP contribution in [0.5, 0.6) is 17.2 Å². The summed E-state index contributed by atoms with van der Waals surface area (Å²) in [5.41, 5.74) is 1.44. The van der Waals surface area contributed by atoms with Crippen molar-refractivity contribution in [3.8, 4) is 17.2 Å². The number of carbonyl (C=O) groups is 1. The number of hydrogen-bond acceptors (Lipinski definition) is 5. The second-order valence-corrected chi connectivity index (χ2v) is 4.88. The van der Waals surface area contributed by atoms with E-state index in [1.165, 1.54) is 7.11 Å². The zero-order valence-corrected chi connectivity index (χ0v) is 12.2. The van der Waals surface area contributed by atoms with Gasteiger partial charge in [-0.25, -0.2) is 9.68 Å². The van der Waals surface area contributed by atoms with E-state index < -0.39 is 5.97 Å². The van der Waals surface area contributed by atoms with Gasteiger partial charge < -0.3 is 9.47 Å². The fraction of sp³-hybridized carbons (Fsp3) is 0.235. The van der Waals surface area contributed by atoms with Crippen LogP contribution in [0.3, 0.4) is 0 Å². The van der Waals surface area contributed by atoms with Gasteiger partial charge in [-0.05, 0) is 48.7 Å². The van der Waals surface area contributed by atoms with E-state index in [2.05, 4.69) is 0 Å². The number of hydrogen-bond donors (Lipinski definition) is 0. The maximum absolute atomic E-state index is 12.1. The Morgan fingerprint density at radius 3 is 2.77 bits per heavy atom. The molecule has 0 atom stereocenters. The molecule has 0 fully saturated rings. The Balaban J connectivity index is 1.69. The van der Waals surface area contributed by atoms with Gasteiger partial charge in [0.15, 0.2) is 5.75 Å². The van der Waals surface area contributed by atoms with Crippen LogP contribution in [0.2, 0.25) is 0 Å². The van der Waals surface area contributed by atoms with Gasteiger partial charge in [0, 0.05) is 0 Å². The van der Waals surface area contributed by atoms with Gasteiger partial charge in [0.2, 0.25) is 5.75 Å². The SMILES string of the molecule is COc1ccccc1OOC(=O)c1ccc2c(c1)CCCO2. The van der Waals surface area contributed by atoms with Crippen molar-refractivity contribution in [1.82, 2.24) is 0 Å². The zero-order valence-electron chi connectivity index (χ0n) is 12.2. The molecule has 5 nitrogen and oxygen atoms in total. The molecule has 114 valence electrons. The second kappa shape index (κ2) is 6.39. The van der Waals surface area contributed by atoms with Crippen molar-refractivity contribution in [2.45, 2.75) is 12.8 Å². The van der Waals surface area contributed by atoms with Crippen LogP contribution >= 0.6 is 0 Å². The summed E-state index contributed by atoms with van der Waals surface area (Å²) in [4.78, 5) is 22.0. The van der Waals surface area contributed by atoms with Crippen LogP contribution in [0.4, 0.5) is 0 Å². The highest BCUT2D eigenvalue weighted by molar-refractivity contribution is 5.89. The van der Waals surface area contributed by atoms with Crippen LogP contribution in [-0.4, -0.2) is 19.7 Å². The summed E-state index contributed by atoms with van der Waals surface area (Å²) in [6.07, 6.45) is 1.84. The molecule has 0 saturated carbocycles. The minimum atomic E-state index is -0.556. The summed E-state index contributed by atoms with van der Waals surface area (Å²) >= 11 is 0. The predicted molar refractivity (Wildman–Crippen MR) is 79.3 cm³/mol. The van der Waals surface area contributed by atoms with Crippen molar-refractivity contribution >= 4 is 5.97 Å². The molecule has 0 N–H and O–H groups in total. The quantitative estimate of drug-likeness (QED) is 0.641. The number of ether oxygens (including phenoxy) is 2. The number of methoxy groups -OCH3 is 1. The lowest BCUT2D eigenvalue weighted by Gasteiger charge is -2.17. The molecule has 0 aliphatic carbocycles. The van der Waals surface area contributed by atoms with Gasteiger partial charge in [0.05, 0.1) is 19.3 Å². The van der Waals surface area contributed by atoms with E-state index >= 15 is 0 Å². The van der Waals surface area contributed by atoms with Crippen LogP contribution in [0, 0.1) is 0 Å². The van der Waals surface area contributed by atoms with Gasteiger partial charge in [-0.1, -0.05) is 12.1 Å². The summed E-state index contributed by atoms with van der Waals surface area (Å²) < 4.78 is 10.6. The normalized spacial score (nSPS) is 12.8. The summed E-state index contributed by atoms with van der Waals surface area (Å²) in [5, 5.41) is 0. The van der Waals surface area contributed by atoms with Crippen molar-refractivity contribution in [3.05, 3.63) is 53.6 Å². The van der Waals surface area contributed by atoms with Crippen molar-refractivity contribution in [2.75, 3.05) is 13.7 Å². The first-order valence-electron chi connectivity index (χ1n) is 7.05. The second-order valence-electron chi connectivity index (χ2n) is 4.88. The first-order chi connectivity index (χ1) is 10.8. The third-order valence-electron chi connectivity index (χ3n) is 3.42. The lowest BCUT2D eigenvalue weighted by Crippen LogP contribution is -2.12. The van der Waals surface area contributed by atoms with Crippen LogP contribution < -0.4 is 14.4 Å². The van der Waals surface area contributed by atoms with Crippen molar-refractivity contribution < 1.29 is 24.0 Å². The minimum Gasteiger partial charge on any atom is -0.493 e. The molecule has 22 heavy (non-hydrogen) atoms. The van der Waals surface area contributed by atoms with E-state index in [0.29, 0.717) is 23.7 Å². The van der Waals surface area contributed by atoms with Crippen molar-refractivity contribution in [2.24, 2.45) is 0 Å². The van der Waals surface area contributed by atoms with Crippen LogP contribution in [0.15, 0.2) is 42.5 Å². The smallest absolute Gasteiger partial charge is 0.386 e. The molecule has 0 radical (unpaired) electrons. The number of fused-ring (bicyclic) bond motifs is 1. The van der Waals surface area contributed by atoms with E-state index in [0.717, 1.165) is 24.2 Å². The Morgan fingerprint density at radius 2 is 1.95 bits per heavy atom. The maximum atomic E-state index is 12.1. The first kappa shape index (κ1) is 14.3. The maximum Gasteiger partial charge on any atom is 0.386 e. The third-order valence-corrected chi connectivity index (χ3v) is 3.42. The van der Waals surface area contributed by atoms with Gasteiger partial charge in [0.1, 0.15) is 5.75 Å². The molecular weight excluding hydrogens is 284 g/mol. The van der Waals surface area contributed by atoms with Gasteiger partial charge in [-0.2, -0.15) is 0 Å². The molecule has 2 aromatic carbocycles. The molecule has 0 bridgehead atoms. The van der Waals surface area contributed by atoms with Crippen LogP contribution in [0.1, 0.15) is 22.3 Å². The Labute approximate surface area is 128 Å². The number of para-hydroxylation sites is 2. The molecule has 1 aliphatic heterocycles. The summed E-state index contributed by atoms with van der Waals surface area (Å²) in [6.45, 7) is 0.716. The standard InChI is InChI=1S/C17H16O5/c1-19-15-6-2-3-7-16(15)21-22-17(18)13-8-9-14-12(11-13)5-4-10-20-14/h2-3,6-9,11H,4-5,10H2,1H3. The highest BCUT2D eigenvalue weighted by atomic mass is 17.2. The van der Waals surface area contributed by atoms with Gasteiger partial charge >= 0.3 is 5.97 Å². The van der Waals surface area contributed by atoms with Crippen LogP contribution in [0.25, 0.3) is 0 Å². The van der Waals surface area contributed by atoms with Gasteiger partial charge in [-0.15, -0.1) is 0 Å². The lowest BCUT2D eigenvalue weighted by atomic mass is 10.0. The Morgan fingerprint density at radius 1 is 1.14 bits per heavy atom. The number of benzene rings is 2. The third kappa shape index (κ3) is 2.98. The molecule has 0 aromatic heterocycles. The number of rotatable bonds is 4. The molecule has 0 spiro atoms. The molecule has 0 unspecified atom stereocenters. The molecule has 1 aliphatic rings. The summed E-state index contributed by atoms with van der Waals surface area (Å²) in [6, 6.07) is 12.2. The van der Waals surface area contributed by atoms with E-state index in [1.54, 1.807) is 42.5 Å². The van der Waals surface area contributed by atoms with E-state index in [-0.39, 0.29) is 0 Å². The molecular formula is C17H16O5. The Bertz CT molecular complexity index is 680. The molecule has 1 heterocycles. The van der Waals surface area contributed by atoms with E-state index in [4.69, 9.17) is 19.2 Å². The highest BCUT2D eigenvalue weighted by Crippen LogP contribution is 2.28. The highest BCUT2D eigenvalue weighted by Gasteiger charge is 2.16. The molecule has 3 rings (SSSR count). The average Bonchev–Trinajstić information content (AvgIpc) is 2.59. The molecule has 5 heteroatoms. The summed E-state index contributed by atoms with van der Waals surface area (Å²) in [7, 11) is 1.52. The van der Waals surface area contributed by atoms with Crippen molar-refractivity contribution in [1.29, 1.82) is 0 Å². The fourth-order valence-corrected chi connectivity index (χ4v) is 2.31. The topological polar surface area (TPSA) is 54.0 Å². The lowest BCUT2D eigenvalue weighted by molar-refractivity contribution is -0.150. The molecule has 0 saturated heterocycles. The van der Waals surface area contributed by atoms with Crippen molar-refractivity contribution in [3.63, 3.8) is 0 Å². The fourth-order valence-electron chi connectivity index (χ4n) is 2.31. The molecule has 2 aromatic rings. The van der Waals surface area contributed by atoms with E-state index in [9.17, 15) is 4.79 Å². The molecule has 0 amide bonds. The summed E-state index contributed by atoms with van der Waals surface area (Å²) in [5.74, 6) is 1.11. The Kier molecular flexibility index (Phi) is 4.14. The minimum absolute atomic E-state index is 0.347. The van der Waals surface area contributed by atoms with Crippen LogP contribution in [-0.2, 0) is 11.3 Å². The first-order valence-corrected chi connectivity index (χ1v) is 7.05.